The molecule has 1 aromatic carbocycles. The van der Waals surface area contributed by atoms with E-state index in [1.165, 1.54) is 5.52 Å². The van der Waals surface area contributed by atoms with E-state index in [-0.39, 0.29) is 6.04 Å². The fourth-order valence-corrected chi connectivity index (χ4v) is 2.50. The van der Waals surface area contributed by atoms with Crippen molar-refractivity contribution in [1.29, 1.82) is 0 Å². The number of nitrogens with one attached hydrogen (secondary N) is 1. The summed E-state index contributed by atoms with van der Waals surface area (Å²) in [5.41, 5.74) is 2.20. The average Bonchev–Trinajstić information content (AvgIpc) is 2.89. The first kappa shape index (κ1) is 12.2. The second kappa shape index (κ2) is 5.45. The number of allylic oxidation sites excluding steroid dienone is 1. The van der Waals surface area contributed by atoms with Crippen LogP contribution in [0.1, 0.15) is 12.8 Å². The van der Waals surface area contributed by atoms with Gasteiger partial charge in [0.15, 0.2) is 0 Å². The molecule has 1 atom stereocenters. The molecular weight excluding hydrogens is 238 g/mol. The van der Waals surface area contributed by atoms with E-state index in [0.717, 1.165) is 37.3 Å². The second-order valence-electron chi connectivity index (χ2n) is 4.82. The maximum Gasteiger partial charge on any atom is 0.111 e. The molecule has 100 valence electrons. The van der Waals surface area contributed by atoms with Gasteiger partial charge in [0.05, 0.1) is 30.0 Å². The highest BCUT2D eigenvalue weighted by Gasteiger charge is 2.17. The Kier molecular flexibility index (Phi) is 3.51. The van der Waals surface area contributed by atoms with Gasteiger partial charge in [-0.2, -0.15) is 0 Å². The Bertz CT molecular complexity index is 588. The molecular formula is C15H19N3O. The van der Waals surface area contributed by atoms with Crippen molar-refractivity contribution in [2.24, 2.45) is 0 Å². The zero-order chi connectivity index (χ0) is 13.1. The highest BCUT2D eigenvalue weighted by Crippen LogP contribution is 2.17. The van der Waals surface area contributed by atoms with Gasteiger partial charge in [-0.1, -0.05) is 12.1 Å². The van der Waals surface area contributed by atoms with Gasteiger partial charge in [0.25, 0.3) is 0 Å². The Balaban J connectivity index is 1.84. The minimum Gasteiger partial charge on any atom is -0.497 e. The summed E-state index contributed by atoms with van der Waals surface area (Å²) in [6, 6.07) is 8.41. The Morgan fingerprint density at radius 1 is 1.42 bits per heavy atom. The lowest BCUT2D eigenvalue weighted by Gasteiger charge is -2.24. The van der Waals surface area contributed by atoms with Crippen LogP contribution in [-0.2, 0) is 11.3 Å². The lowest BCUT2D eigenvalue weighted by Crippen LogP contribution is -2.34. The van der Waals surface area contributed by atoms with Crippen molar-refractivity contribution in [2.75, 3.05) is 13.7 Å². The first-order valence-corrected chi connectivity index (χ1v) is 6.78. The van der Waals surface area contributed by atoms with Gasteiger partial charge in [-0.15, -0.1) is 0 Å². The van der Waals surface area contributed by atoms with E-state index in [9.17, 15) is 0 Å². The van der Waals surface area contributed by atoms with Crippen LogP contribution in [0.25, 0.3) is 11.0 Å². The third-order valence-electron chi connectivity index (χ3n) is 3.56. The number of imidazole rings is 1. The van der Waals surface area contributed by atoms with Crippen LogP contribution in [0.5, 0.6) is 0 Å². The monoisotopic (exact) mass is 257 g/mol. The molecule has 0 saturated carbocycles. The second-order valence-corrected chi connectivity index (χ2v) is 4.82. The molecule has 19 heavy (non-hydrogen) atoms. The molecule has 0 aliphatic carbocycles. The number of hydrogen-bond acceptors (Lipinski definition) is 3. The Labute approximate surface area is 113 Å². The molecule has 1 N–H and O–H groups in total. The molecule has 0 spiro atoms. The lowest BCUT2D eigenvalue weighted by atomic mass is 10.1. The first-order valence-electron chi connectivity index (χ1n) is 6.78. The molecule has 0 saturated heterocycles. The topological polar surface area (TPSA) is 39.1 Å². The predicted molar refractivity (Wildman–Crippen MR) is 75.8 cm³/mol. The van der Waals surface area contributed by atoms with Crippen molar-refractivity contribution < 1.29 is 4.74 Å². The van der Waals surface area contributed by atoms with Gasteiger partial charge in [0.2, 0.25) is 0 Å². The molecule has 1 aliphatic heterocycles. The van der Waals surface area contributed by atoms with E-state index >= 15 is 0 Å². The third-order valence-corrected chi connectivity index (χ3v) is 3.56. The van der Waals surface area contributed by atoms with Crippen LogP contribution in [-0.4, -0.2) is 29.2 Å². The van der Waals surface area contributed by atoms with E-state index in [1.807, 2.05) is 31.6 Å². The number of hydrogen-bond donors (Lipinski definition) is 1. The van der Waals surface area contributed by atoms with Crippen LogP contribution in [0, 0.1) is 0 Å². The standard InChI is InChI=1S/C15H19N3O/c1-16-13(15-8-4-5-9-19-15)10-18-11-17-12-6-2-3-7-14(12)18/h2-3,6-8,11,13,16H,4-5,9-10H2,1H3. The number of para-hydroxylation sites is 2. The molecule has 1 aliphatic rings. The summed E-state index contributed by atoms with van der Waals surface area (Å²) in [6.07, 6.45) is 6.33. The zero-order valence-electron chi connectivity index (χ0n) is 11.2. The van der Waals surface area contributed by atoms with E-state index < -0.39 is 0 Å². The highest BCUT2D eigenvalue weighted by atomic mass is 16.5. The van der Waals surface area contributed by atoms with Gasteiger partial charge in [-0.25, -0.2) is 4.98 Å². The number of likely N-dealkylation sites (N-methyl/N-ethyl adjacent to an activating group) is 1. The lowest BCUT2D eigenvalue weighted by molar-refractivity contribution is 0.165. The molecule has 1 unspecified atom stereocenters. The van der Waals surface area contributed by atoms with Crippen molar-refractivity contribution >= 4 is 11.0 Å². The van der Waals surface area contributed by atoms with Crippen LogP contribution < -0.4 is 5.32 Å². The van der Waals surface area contributed by atoms with Crippen LogP contribution in [0.4, 0.5) is 0 Å². The molecule has 4 heteroatoms. The average molecular weight is 257 g/mol. The van der Waals surface area contributed by atoms with Crippen molar-refractivity contribution in [3.8, 4) is 0 Å². The number of ether oxygens (including phenoxy) is 1. The molecule has 0 radical (unpaired) electrons. The largest absolute Gasteiger partial charge is 0.497 e. The Morgan fingerprint density at radius 3 is 3.11 bits per heavy atom. The molecule has 2 heterocycles. The highest BCUT2D eigenvalue weighted by molar-refractivity contribution is 5.74. The van der Waals surface area contributed by atoms with Crippen LogP contribution in [0.3, 0.4) is 0 Å². The SMILES string of the molecule is CNC(Cn1cnc2ccccc21)C1=CCCCO1. The maximum absolute atomic E-state index is 5.76. The van der Waals surface area contributed by atoms with E-state index in [0.29, 0.717) is 0 Å². The van der Waals surface area contributed by atoms with E-state index in [4.69, 9.17) is 4.74 Å². The summed E-state index contributed by atoms with van der Waals surface area (Å²) < 4.78 is 7.93. The number of fused-ring (bicyclic) bond motifs is 1. The summed E-state index contributed by atoms with van der Waals surface area (Å²) in [6.45, 7) is 1.66. The number of aromatic nitrogens is 2. The van der Waals surface area contributed by atoms with Crippen LogP contribution in [0.15, 0.2) is 42.4 Å². The Morgan fingerprint density at radius 2 is 2.32 bits per heavy atom. The summed E-state index contributed by atoms with van der Waals surface area (Å²) in [7, 11) is 1.97. The molecule has 2 aromatic rings. The Hall–Kier alpha value is -1.81. The minimum absolute atomic E-state index is 0.206. The minimum atomic E-state index is 0.206. The predicted octanol–water partition coefficient (Wildman–Crippen LogP) is 2.32. The maximum atomic E-state index is 5.76. The molecule has 4 nitrogen and oxygen atoms in total. The van der Waals surface area contributed by atoms with Gasteiger partial charge in [-0.3, -0.25) is 0 Å². The van der Waals surface area contributed by atoms with Gasteiger partial charge < -0.3 is 14.6 Å². The third kappa shape index (κ3) is 2.49. The first-order chi connectivity index (χ1) is 9.38. The smallest absolute Gasteiger partial charge is 0.111 e. The number of nitrogens with zero attached hydrogens (tertiary/aromatic N) is 2. The van der Waals surface area contributed by atoms with Gasteiger partial charge in [0, 0.05) is 6.54 Å². The summed E-state index contributed by atoms with van der Waals surface area (Å²) in [5.74, 6) is 1.06. The van der Waals surface area contributed by atoms with Crippen LogP contribution >= 0.6 is 0 Å². The number of rotatable bonds is 4. The summed E-state index contributed by atoms with van der Waals surface area (Å²) in [5, 5.41) is 3.33. The van der Waals surface area contributed by atoms with Crippen molar-refractivity contribution in [1.82, 2.24) is 14.9 Å². The number of benzene rings is 1. The molecule has 0 amide bonds. The molecule has 0 fully saturated rings. The van der Waals surface area contributed by atoms with Gasteiger partial charge >= 0.3 is 0 Å². The molecule has 0 bridgehead atoms. The van der Waals surface area contributed by atoms with Crippen LogP contribution in [0.2, 0.25) is 0 Å². The van der Waals surface area contributed by atoms with E-state index in [2.05, 4.69) is 27.0 Å². The normalized spacial score (nSPS) is 17.0. The zero-order valence-corrected chi connectivity index (χ0v) is 11.2. The quantitative estimate of drug-likeness (QED) is 0.913. The van der Waals surface area contributed by atoms with Crippen molar-refractivity contribution in [3.05, 3.63) is 42.4 Å². The molecule has 1 aromatic heterocycles. The van der Waals surface area contributed by atoms with Crippen molar-refractivity contribution in [2.45, 2.75) is 25.4 Å². The van der Waals surface area contributed by atoms with Crippen molar-refractivity contribution in [3.63, 3.8) is 0 Å². The van der Waals surface area contributed by atoms with Gasteiger partial charge in [0.1, 0.15) is 5.76 Å². The van der Waals surface area contributed by atoms with E-state index in [1.54, 1.807) is 0 Å². The summed E-state index contributed by atoms with van der Waals surface area (Å²) in [4.78, 5) is 4.43. The van der Waals surface area contributed by atoms with Gasteiger partial charge in [-0.05, 0) is 38.1 Å². The summed E-state index contributed by atoms with van der Waals surface area (Å²) >= 11 is 0. The molecule has 3 rings (SSSR count). The fourth-order valence-electron chi connectivity index (χ4n) is 2.50. The fraction of sp³-hybridized carbons (Fsp3) is 0.400.